The molecule has 2 aromatic rings. The number of carbonyl (C=O) groups excluding carboxylic acids is 1. The monoisotopic (exact) mass is 420 g/mol. The topological polar surface area (TPSA) is 44.8 Å². The SMILES string of the molecule is CCCCOc1cc(COc2cccc(CCC(=O)OC)c2)ccc1Br. The fourth-order valence-electron chi connectivity index (χ4n) is 2.38. The Morgan fingerprint density at radius 3 is 2.69 bits per heavy atom. The van der Waals surface area contributed by atoms with Crippen LogP contribution in [0.2, 0.25) is 0 Å². The Morgan fingerprint density at radius 2 is 1.92 bits per heavy atom. The highest BCUT2D eigenvalue weighted by molar-refractivity contribution is 9.10. The first kappa shape index (κ1) is 20.3. The number of carbonyl (C=O) groups is 1. The van der Waals surface area contributed by atoms with Crippen molar-refractivity contribution in [3.63, 3.8) is 0 Å². The number of hydrogen-bond donors (Lipinski definition) is 0. The summed E-state index contributed by atoms with van der Waals surface area (Å²) < 4.78 is 17.3. The van der Waals surface area contributed by atoms with E-state index in [1.165, 1.54) is 7.11 Å². The summed E-state index contributed by atoms with van der Waals surface area (Å²) in [6.45, 7) is 3.31. The van der Waals surface area contributed by atoms with Crippen LogP contribution in [0, 0.1) is 0 Å². The summed E-state index contributed by atoms with van der Waals surface area (Å²) in [5.74, 6) is 1.41. The lowest BCUT2D eigenvalue weighted by molar-refractivity contribution is -0.140. The Bertz CT molecular complexity index is 715. The predicted octanol–water partition coefficient (Wildman–Crippen LogP) is 5.31. The standard InChI is InChI=1S/C21H25BrO4/c1-3-4-12-25-20-14-17(8-10-19(20)22)15-26-18-7-5-6-16(13-18)9-11-21(23)24-2/h5-8,10,13-14H,3-4,9,11-12,15H2,1-2H3. The number of rotatable bonds is 10. The molecule has 0 saturated heterocycles. The van der Waals surface area contributed by atoms with Crippen LogP contribution in [0.4, 0.5) is 0 Å². The predicted molar refractivity (Wildman–Crippen MR) is 106 cm³/mol. The summed E-state index contributed by atoms with van der Waals surface area (Å²) in [4.78, 5) is 11.3. The second kappa shape index (κ2) is 10.9. The van der Waals surface area contributed by atoms with Crippen molar-refractivity contribution in [2.75, 3.05) is 13.7 Å². The van der Waals surface area contributed by atoms with E-state index in [1.54, 1.807) is 0 Å². The van der Waals surface area contributed by atoms with Crippen molar-refractivity contribution in [2.24, 2.45) is 0 Å². The number of benzene rings is 2. The molecule has 0 aromatic heterocycles. The first-order valence-electron chi connectivity index (χ1n) is 8.82. The second-order valence-corrected chi connectivity index (χ2v) is 6.83. The average Bonchev–Trinajstić information content (AvgIpc) is 2.67. The van der Waals surface area contributed by atoms with Crippen LogP contribution in [0.15, 0.2) is 46.9 Å². The van der Waals surface area contributed by atoms with E-state index in [4.69, 9.17) is 9.47 Å². The third kappa shape index (κ3) is 6.71. The average molecular weight is 421 g/mol. The third-order valence-electron chi connectivity index (χ3n) is 3.90. The third-order valence-corrected chi connectivity index (χ3v) is 4.56. The van der Waals surface area contributed by atoms with Gasteiger partial charge in [0.2, 0.25) is 0 Å². The number of methoxy groups -OCH3 is 1. The fourth-order valence-corrected chi connectivity index (χ4v) is 2.74. The number of hydrogen-bond acceptors (Lipinski definition) is 4. The largest absolute Gasteiger partial charge is 0.492 e. The molecule has 4 nitrogen and oxygen atoms in total. The lowest BCUT2D eigenvalue weighted by Gasteiger charge is -2.11. The molecular formula is C21H25BrO4. The highest BCUT2D eigenvalue weighted by Gasteiger charge is 2.06. The van der Waals surface area contributed by atoms with E-state index in [1.807, 2.05) is 42.5 Å². The number of halogens is 1. The lowest BCUT2D eigenvalue weighted by atomic mass is 10.1. The summed E-state index contributed by atoms with van der Waals surface area (Å²) in [7, 11) is 1.40. The zero-order valence-corrected chi connectivity index (χ0v) is 16.9. The number of unbranched alkanes of at least 4 members (excludes halogenated alkanes) is 1. The Labute approximate surface area is 163 Å². The van der Waals surface area contributed by atoms with Crippen LogP contribution >= 0.6 is 15.9 Å². The van der Waals surface area contributed by atoms with E-state index in [0.29, 0.717) is 26.1 Å². The van der Waals surface area contributed by atoms with Gasteiger partial charge in [-0.3, -0.25) is 4.79 Å². The Hall–Kier alpha value is -2.01. The van der Waals surface area contributed by atoms with Crippen LogP contribution in [0.1, 0.15) is 37.3 Å². The summed E-state index contributed by atoms with van der Waals surface area (Å²) >= 11 is 3.52. The van der Waals surface area contributed by atoms with E-state index in [-0.39, 0.29) is 5.97 Å². The molecule has 0 unspecified atom stereocenters. The molecule has 0 fully saturated rings. The van der Waals surface area contributed by atoms with Crippen LogP contribution in [0.25, 0.3) is 0 Å². The van der Waals surface area contributed by atoms with Crippen LogP contribution in [0.5, 0.6) is 11.5 Å². The van der Waals surface area contributed by atoms with Crippen LogP contribution in [-0.2, 0) is 22.6 Å². The van der Waals surface area contributed by atoms with Gasteiger partial charge in [-0.25, -0.2) is 0 Å². The van der Waals surface area contributed by atoms with Crippen molar-refractivity contribution < 1.29 is 19.0 Å². The van der Waals surface area contributed by atoms with Gasteiger partial charge in [-0.15, -0.1) is 0 Å². The van der Waals surface area contributed by atoms with Crippen molar-refractivity contribution in [1.29, 1.82) is 0 Å². The number of esters is 1. The molecule has 0 aliphatic rings. The highest BCUT2D eigenvalue weighted by atomic mass is 79.9. The molecule has 2 aromatic carbocycles. The maximum absolute atomic E-state index is 11.3. The van der Waals surface area contributed by atoms with Crippen molar-refractivity contribution >= 4 is 21.9 Å². The van der Waals surface area contributed by atoms with E-state index >= 15 is 0 Å². The first-order chi connectivity index (χ1) is 12.6. The van der Waals surface area contributed by atoms with Gasteiger partial charge in [-0.1, -0.05) is 31.5 Å². The fraction of sp³-hybridized carbons (Fsp3) is 0.381. The number of aryl methyl sites for hydroxylation is 1. The Balaban J connectivity index is 1.93. The molecule has 0 atom stereocenters. The molecule has 0 saturated carbocycles. The molecule has 0 radical (unpaired) electrons. The zero-order chi connectivity index (χ0) is 18.8. The minimum atomic E-state index is -0.207. The van der Waals surface area contributed by atoms with Gasteiger partial charge in [0.05, 0.1) is 18.2 Å². The molecule has 0 heterocycles. The van der Waals surface area contributed by atoms with Gasteiger partial charge in [0, 0.05) is 6.42 Å². The van der Waals surface area contributed by atoms with Gasteiger partial charge in [0.15, 0.2) is 0 Å². The van der Waals surface area contributed by atoms with Gasteiger partial charge in [0.25, 0.3) is 0 Å². The summed E-state index contributed by atoms with van der Waals surface area (Å²) in [5, 5.41) is 0. The second-order valence-electron chi connectivity index (χ2n) is 5.98. The number of ether oxygens (including phenoxy) is 3. The normalized spacial score (nSPS) is 10.4. The van der Waals surface area contributed by atoms with Crippen molar-refractivity contribution in [1.82, 2.24) is 0 Å². The quantitative estimate of drug-likeness (QED) is 0.385. The minimum absolute atomic E-state index is 0.207. The zero-order valence-electron chi connectivity index (χ0n) is 15.3. The Kier molecular flexibility index (Phi) is 8.48. The van der Waals surface area contributed by atoms with Crippen LogP contribution in [-0.4, -0.2) is 19.7 Å². The molecule has 0 bridgehead atoms. The molecule has 0 aliphatic carbocycles. The Morgan fingerprint density at radius 1 is 1.08 bits per heavy atom. The highest BCUT2D eigenvalue weighted by Crippen LogP contribution is 2.27. The first-order valence-corrected chi connectivity index (χ1v) is 9.61. The maximum atomic E-state index is 11.3. The lowest BCUT2D eigenvalue weighted by Crippen LogP contribution is -2.02. The summed E-state index contributed by atoms with van der Waals surface area (Å²) in [6.07, 6.45) is 3.14. The summed E-state index contributed by atoms with van der Waals surface area (Å²) in [6, 6.07) is 13.8. The molecule has 0 spiro atoms. The molecular weight excluding hydrogens is 396 g/mol. The minimum Gasteiger partial charge on any atom is -0.492 e. The smallest absolute Gasteiger partial charge is 0.305 e. The molecule has 140 valence electrons. The molecule has 0 aliphatic heterocycles. The van der Waals surface area contributed by atoms with Gasteiger partial charge in [-0.2, -0.15) is 0 Å². The van der Waals surface area contributed by atoms with E-state index in [2.05, 4.69) is 27.6 Å². The molecule has 2 rings (SSSR count). The van der Waals surface area contributed by atoms with Crippen molar-refractivity contribution in [2.45, 2.75) is 39.2 Å². The van der Waals surface area contributed by atoms with Gasteiger partial charge in [0.1, 0.15) is 18.1 Å². The van der Waals surface area contributed by atoms with Crippen molar-refractivity contribution in [3.8, 4) is 11.5 Å². The molecule has 5 heteroatoms. The molecule has 26 heavy (non-hydrogen) atoms. The summed E-state index contributed by atoms with van der Waals surface area (Å²) in [5.41, 5.74) is 2.09. The van der Waals surface area contributed by atoms with E-state index < -0.39 is 0 Å². The van der Waals surface area contributed by atoms with Gasteiger partial charge in [-0.05, 0) is 64.2 Å². The van der Waals surface area contributed by atoms with Crippen molar-refractivity contribution in [3.05, 3.63) is 58.1 Å². The molecule has 0 amide bonds. The van der Waals surface area contributed by atoms with Gasteiger partial charge < -0.3 is 14.2 Å². The van der Waals surface area contributed by atoms with Crippen LogP contribution < -0.4 is 9.47 Å². The van der Waals surface area contributed by atoms with E-state index in [0.717, 1.165) is 39.9 Å². The van der Waals surface area contributed by atoms with E-state index in [9.17, 15) is 4.79 Å². The van der Waals surface area contributed by atoms with Gasteiger partial charge >= 0.3 is 5.97 Å². The molecule has 0 N–H and O–H groups in total. The maximum Gasteiger partial charge on any atom is 0.305 e. The van der Waals surface area contributed by atoms with Crippen LogP contribution in [0.3, 0.4) is 0 Å².